The van der Waals surface area contributed by atoms with Gasteiger partial charge in [0.2, 0.25) is 6.33 Å². The maximum absolute atomic E-state index is 10.1. The summed E-state index contributed by atoms with van der Waals surface area (Å²) in [5, 5.41) is 10.1. The van der Waals surface area contributed by atoms with Crippen LogP contribution >= 0.6 is 0 Å². The Morgan fingerprint density at radius 1 is 1.19 bits per heavy atom. The lowest BCUT2D eigenvalue weighted by Crippen LogP contribution is -2.23. The number of rotatable bonds is 6. The van der Waals surface area contributed by atoms with Crippen molar-refractivity contribution in [2.45, 2.75) is 39.2 Å². The lowest BCUT2D eigenvalue weighted by atomic mass is 10.2. The highest BCUT2D eigenvalue weighted by Gasteiger charge is 1.98. The lowest BCUT2D eigenvalue weighted by Gasteiger charge is -1.97. The van der Waals surface area contributed by atoms with Gasteiger partial charge in [0.15, 0.2) is 0 Å². The molecule has 1 heterocycles. The number of aromatic nitrogens is 2. The van der Waals surface area contributed by atoms with E-state index in [-0.39, 0.29) is 5.56 Å². The van der Waals surface area contributed by atoms with Gasteiger partial charge in [0, 0.05) is 0 Å². The number of benzene rings is 1. The molecule has 21 heavy (non-hydrogen) atoms. The summed E-state index contributed by atoms with van der Waals surface area (Å²) < 4.78 is 4.33. The lowest BCUT2D eigenvalue weighted by molar-refractivity contribution is -0.671. The van der Waals surface area contributed by atoms with Crippen molar-refractivity contribution in [3.05, 3.63) is 54.6 Å². The first-order valence-electron chi connectivity index (χ1n) is 7.41. The van der Waals surface area contributed by atoms with Crippen molar-refractivity contribution in [1.29, 1.82) is 0 Å². The summed E-state index contributed by atoms with van der Waals surface area (Å²) >= 11 is 0. The van der Waals surface area contributed by atoms with Gasteiger partial charge in [0.05, 0.1) is 19.6 Å². The molecule has 2 aromatic rings. The molecule has 0 spiro atoms. The number of aromatic carboxylic acids is 1. The van der Waals surface area contributed by atoms with Gasteiger partial charge in [-0.15, -0.1) is 0 Å². The Morgan fingerprint density at radius 3 is 2.38 bits per heavy atom. The summed E-state index contributed by atoms with van der Waals surface area (Å²) in [5.41, 5.74) is 0.220. The second-order valence-electron chi connectivity index (χ2n) is 5.03. The summed E-state index contributed by atoms with van der Waals surface area (Å²) in [7, 11) is 2.06. The highest BCUT2D eigenvalue weighted by atomic mass is 16.4. The molecule has 0 aliphatic rings. The Kier molecular flexibility index (Phi) is 7.87. The molecule has 0 radical (unpaired) electrons. The molecule has 4 nitrogen and oxygen atoms in total. The van der Waals surface area contributed by atoms with E-state index in [4.69, 9.17) is 0 Å². The van der Waals surface area contributed by atoms with E-state index in [1.54, 1.807) is 18.2 Å². The monoisotopic (exact) mass is 288 g/mol. The summed E-state index contributed by atoms with van der Waals surface area (Å²) in [6, 6.07) is 8.06. The number of carbonyl (C=O) groups is 1. The Balaban J connectivity index is 0.000000219. The normalized spacial score (nSPS) is 9.81. The van der Waals surface area contributed by atoms with Crippen LogP contribution in [0.25, 0.3) is 0 Å². The topological polar surface area (TPSA) is 48.9 Å². The Hall–Kier alpha value is -2.10. The van der Waals surface area contributed by atoms with Crippen molar-refractivity contribution in [2.24, 2.45) is 7.05 Å². The van der Waals surface area contributed by atoms with E-state index < -0.39 is 5.97 Å². The quantitative estimate of drug-likeness (QED) is 0.602. The predicted molar refractivity (Wildman–Crippen MR) is 80.5 cm³/mol. The van der Waals surface area contributed by atoms with E-state index in [1.165, 1.54) is 44.4 Å². The van der Waals surface area contributed by atoms with Crippen LogP contribution < -0.4 is 9.67 Å². The smallest absolute Gasteiger partial charge is 0.243 e. The molecule has 1 aromatic heterocycles. The van der Waals surface area contributed by atoms with Crippen molar-refractivity contribution in [2.75, 3.05) is 0 Å². The van der Waals surface area contributed by atoms with E-state index in [2.05, 4.69) is 41.8 Å². The number of carboxylic acid groups (broad SMARTS) is 1. The van der Waals surface area contributed by atoms with Gasteiger partial charge in [0.1, 0.15) is 12.4 Å². The maximum atomic E-state index is 10.1. The fraction of sp³-hybridized carbons (Fsp3) is 0.412. The molecule has 0 N–H and O–H groups in total. The minimum atomic E-state index is -1.13. The molecule has 0 fully saturated rings. The molecule has 0 atom stereocenters. The van der Waals surface area contributed by atoms with Crippen molar-refractivity contribution < 1.29 is 14.5 Å². The van der Waals surface area contributed by atoms with Crippen molar-refractivity contribution in [1.82, 2.24) is 4.57 Å². The van der Waals surface area contributed by atoms with Crippen LogP contribution in [0.2, 0.25) is 0 Å². The molecule has 0 saturated heterocycles. The van der Waals surface area contributed by atoms with Gasteiger partial charge in [-0.2, -0.15) is 0 Å². The minimum Gasteiger partial charge on any atom is -0.545 e. The first kappa shape index (κ1) is 17.0. The molecular formula is C17H24N2O2. The zero-order chi connectivity index (χ0) is 15.5. The largest absolute Gasteiger partial charge is 0.545 e. The highest BCUT2D eigenvalue weighted by Crippen LogP contribution is 2.00. The Morgan fingerprint density at radius 2 is 1.90 bits per heavy atom. The van der Waals surface area contributed by atoms with E-state index in [0.717, 1.165) is 0 Å². The third-order valence-electron chi connectivity index (χ3n) is 3.10. The fourth-order valence-electron chi connectivity index (χ4n) is 1.93. The summed E-state index contributed by atoms with van der Waals surface area (Å²) in [6.07, 6.45) is 11.7. The zero-order valence-electron chi connectivity index (χ0n) is 12.9. The van der Waals surface area contributed by atoms with Crippen LogP contribution in [0.4, 0.5) is 0 Å². The van der Waals surface area contributed by atoms with Gasteiger partial charge >= 0.3 is 0 Å². The number of unbranched alkanes of at least 4 members (excludes halogenated alkanes) is 3. The van der Waals surface area contributed by atoms with Crippen LogP contribution in [-0.4, -0.2) is 10.5 Å². The number of nitrogens with zero attached hydrogens (tertiary/aromatic N) is 2. The van der Waals surface area contributed by atoms with Gasteiger partial charge < -0.3 is 9.90 Å². The molecule has 4 heteroatoms. The molecule has 114 valence electrons. The number of aryl methyl sites for hydroxylation is 2. The second-order valence-corrected chi connectivity index (χ2v) is 5.03. The highest BCUT2D eigenvalue weighted by molar-refractivity contribution is 5.85. The van der Waals surface area contributed by atoms with E-state index in [1.807, 2.05) is 0 Å². The molecule has 0 aliphatic heterocycles. The zero-order valence-corrected chi connectivity index (χ0v) is 12.9. The van der Waals surface area contributed by atoms with Crippen molar-refractivity contribution >= 4 is 5.97 Å². The van der Waals surface area contributed by atoms with Gasteiger partial charge in [-0.3, -0.25) is 0 Å². The van der Waals surface area contributed by atoms with Gasteiger partial charge in [-0.25, -0.2) is 9.13 Å². The van der Waals surface area contributed by atoms with E-state index >= 15 is 0 Å². The molecule has 0 saturated carbocycles. The minimum absolute atomic E-state index is 0.220. The Labute approximate surface area is 126 Å². The standard InChI is InChI=1S/C10H19N2.C7H6O2/c1-3-4-5-6-7-12-9-8-11(2)10-12;8-7(9)6-4-2-1-3-5-6/h8-10H,3-7H2,1-2H3;1-5H,(H,8,9)/q+1;/p-1. The fourth-order valence-corrected chi connectivity index (χ4v) is 1.93. The number of carboxylic acids is 1. The number of hydrogen-bond donors (Lipinski definition) is 0. The van der Waals surface area contributed by atoms with E-state index in [0.29, 0.717) is 0 Å². The van der Waals surface area contributed by atoms with Crippen LogP contribution in [0, 0.1) is 0 Å². The average Bonchev–Trinajstić information content (AvgIpc) is 2.91. The van der Waals surface area contributed by atoms with Crippen LogP contribution in [0.5, 0.6) is 0 Å². The average molecular weight is 288 g/mol. The van der Waals surface area contributed by atoms with E-state index in [9.17, 15) is 9.90 Å². The second kappa shape index (κ2) is 9.75. The van der Waals surface area contributed by atoms with Gasteiger partial charge in [0.25, 0.3) is 0 Å². The summed E-state index contributed by atoms with van der Waals surface area (Å²) in [4.78, 5) is 10.1. The molecule has 0 amide bonds. The van der Waals surface area contributed by atoms with Crippen LogP contribution in [0.1, 0.15) is 43.0 Å². The first-order chi connectivity index (χ1) is 10.1. The maximum Gasteiger partial charge on any atom is 0.243 e. The SMILES string of the molecule is CCCCCCn1cc[n+](C)c1.O=C([O-])c1ccccc1. The summed E-state index contributed by atoms with van der Waals surface area (Å²) in [6.45, 7) is 3.41. The molecule has 0 unspecified atom stereocenters. The molecule has 2 rings (SSSR count). The van der Waals surface area contributed by atoms with Gasteiger partial charge in [-0.05, 0) is 18.4 Å². The van der Waals surface area contributed by atoms with Crippen LogP contribution in [0.15, 0.2) is 49.1 Å². The third kappa shape index (κ3) is 7.30. The molecular weight excluding hydrogens is 264 g/mol. The molecule has 1 aromatic carbocycles. The summed E-state index contributed by atoms with van der Waals surface area (Å²) in [5.74, 6) is -1.13. The Bertz CT molecular complexity index is 521. The van der Waals surface area contributed by atoms with Crippen molar-refractivity contribution in [3.63, 3.8) is 0 Å². The predicted octanol–water partition coefficient (Wildman–Crippen LogP) is 1.94. The number of imidazole rings is 1. The third-order valence-corrected chi connectivity index (χ3v) is 3.10. The number of hydrogen-bond acceptors (Lipinski definition) is 2. The van der Waals surface area contributed by atoms with Crippen LogP contribution in [-0.2, 0) is 13.6 Å². The first-order valence-corrected chi connectivity index (χ1v) is 7.41. The molecule has 0 aliphatic carbocycles. The van der Waals surface area contributed by atoms with Gasteiger partial charge in [-0.1, -0.05) is 50.1 Å². The van der Waals surface area contributed by atoms with Crippen molar-refractivity contribution in [3.8, 4) is 0 Å². The van der Waals surface area contributed by atoms with Crippen LogP contribution in [0.3, 0.4) is 0 Å². The number of carbonyl (C=O) groups excluding carboxylic acids is 1. The molecule has 0 bridgehead atoms.